The van der Waals surface area contributed by atoms with Gasteiger partial charge in [-0.3, -0.25) is 0 Å². The van der Waals surface area contributed by atoms with E-state index in [0.29, 0.717) is 0 Å². The molecule has 0 saturated heterocycles. The van der Waals surface area contributed by atoms with E-state index >= 15 is 0 Å². The topological polar surface area (TPSA) is 0 Å². The molecule has 0 saturated carbocycles. The fourth-order valence-electron chi connectivity index (χ4n) is 10.1. The summed E-state index contributed by atoms with van der Waals surface area (Å²) in [6.07, 6.45) is 0. The lowest BCUT2D eigenvalue weighted by Crippen LogP contribution is -1.92. The molecule has 0 nitrogen and oxygen atoms in total. The Morgan fingerprint density at radius 1 is 0.328 bits per heavy atom. The van der Waals surface area contributed by atoms with Gasteiger partial charge < -0.3 is 0 Å². The van der Waals surface area contributed by atoms with Crippen LogP contribution < -0.4 is 0 Å². The molecule has 0 heterocycles. The molecular formula is C54H31B3P. The first kappa shape index (κ1) is 32.7. The van der Waals surface area contributed by atoms with Crippen molar-refractivity contribution >= 4 is 127 Å². The highest BCUT2D eigenvalue weighted by Crippen LogP contribution is 2.46. The molecule has 4 heteroatoms. The maximum absolute atomic E-state index is 6.49. The predicted octanol–water partition coefficient (Wildman–Crippen LogP) is 14.8. The van der Waals surface area contributed by atoms with Crippen LogP contribution in [0.5, 0.6) is 0 Å². The molecule has 0 aliphatic rings. The third-order valence-corrected chi connectivity index (χ3v) is 12.7. The van der Waals surface area contributed by atoms with Crippen molar-refractivity contribution in [2.75, 3.05) is 0 Å². The van der Waals surface area contributed by atoms with Gasteiger partial charge in [0.1, 0.15) is 0 Å². The Bertz CT molecular complexity index is 3320. The molecule has 261 valence electrons. The first-order valence-electron chi connectivity index (χ1n) is 20.2. The summed E-state index contributed by atoms with van der Waals surface area (Å²) >= 11 is 0. The molecular weight excluding hydrogens is 712 g/mol. The van der Waals surface area contributed by atoms with Gasteiger partial charge in [-0.25, -0.2) is 8.28 Å². The van der Waals surface area contributed by atoms with Crippen LogP contribution in [0, 0.1) is 0 Å². The summed E-state index contributed by atoms with van der Waals surface area (Å²) in [5.74, 6) is 0. The van der Waals surface area contributed by atoms with Gasteiger partial charge >= 0.3 is 0 Å². The zero-order valence-corrected chi connectivity index (χ0v) is 32.4. The number of hydrogen-bond acceptors (Lipinski definition) is 0. The van der Waals surface area contributed by atoms with Crippen LogP contribution in [0.1, 0.15) is 0 Å². The summed E-state index contributed by atoms with van der Waals surface area (Å²) in [6, 6.07) is 68.9. The van der Waals surface area contributed by atoms with Gasteiger partial charge in [-0.15, -0.1) is 0 Å². The maximum Gasteiger partial charge on any atom is 0.0903 e. The molecule has 13 aromatic carbocycles. The van der Waals surface area contributed by atoms with E-state index in [-0.39, 0.29) is 0 Å². The lowest BCUT2D eigenvalue weighted by atomic mass is 9.79. The summed E-state index contributed by atoms with van der Waals surface area (Å²) in [6.45, 7) is 1.18. The van der Waals surface area contributed by atoms with Crippen molar-refractivity contribution in [1.82, 2.24) is 0 Å². The molecule has 0 fully saturated rings. The van der Waals surface area contributed by atoms with Gasteiger partial charge in [0.2, 0.25) is 0 Å². The Labute approximate surface area is 342 Å². The molecule has 0 N–H and O–H groups in total. The highest BCUT2D eigenvalue weighted by Gasteiger charge is 2.19. The lowest BCUT2D eigenvalue weighted by molar-refractivity contribution is 1.62. The van der Waals surface area contributed by atoms with Gasteiger partial charge in [0.05, 0.1) is 14.5 Å². The van der Waals surface area contributed by atoms with Gasteiger partial charge in [0.25, 0.3) is 0 Å². The normalized spacial score (nSPS) is 12.8. The van der Waals surface area contributed by atoms with Crippen molar-refractivity contribution in [2.45, 2.75) is 0 Å². The van der Waals surface area contributed by atoms with E-state index in [1.54, 1.807) is 0 Å². The molecule has 0 aliphatic carbocycles. The Morgan fingerprint density at radius 2 is 0.552 bits per heavy atom. The van der Waals surface area contributed by atoms with Crippen molar-refractivity contribution in [3.8, 4) is 33.4 Å². The molecule has 0 spiro atoms. The van der Waals surface area contributed by atoms with Crippen LogP contribution in [-0.4, -0.2) is 23.5 Å². The van der Waals surface area contributed by atoms with Gasteiger partial charge in [-0.05, 0) is 149 Å². The molecule has 58 heavy (non-hydrogen) atoms. The lowest BCUT2D eigenvalue weighted by Gasteiger charge is -2.19. The molecule has 13 aromatic rings. The standard InChI is InChI=1S/C54H30.B3HP/c1-4-31-10-13-37-16-22-43(46-25-19-34(7-1)49(31)52(37)46)40-28-41(44-23-17-38-14-11-32-5-2-8-35-20-26-47(44)53(38)50(32)35)30-42(29-40)45-24-18-39-15-12-33-6-3-9-36-21-27-48(45)54(39)51(33)36;1-3-4-2/h1-30H;4H/i;4T. The first-order valence-corrected chi connectivity index (χ1v) is 20.8. The molecule has 1 atom stereocenters. The number of hydrogen-bond donors (Lipinski definition) is 0. The molecule has 1 unspecified atom stereocenters. The minimum Gasteiger partial charge on any atom is -0.218 e. The summed E-state index contributed by atoms with van der Waals surface area (Å²) in [7, 11) is 8.41. The highest BCUT2D eigenvalue weighted by molar-refractivity contribution is 7.95. The Kier molecular flexibility index (Phi) is 7.36. The summed E-state index contributed by atoms with van der Waals surface area (Å²) in [4.78, 5) is 0. The van der Waals surface area contributed by atoms with Crippen LogP contribution >= 0.6 is 8.28 Å². The van der Waals surface area contributed by atoms with E-state index in [2.05, 4.69) is 182 Å². The van der Waals surface area contributed by atoms with Crippen LogP contribution in [0.25, 0.3) is 130 Å². The highest BCUT2D eigenvalue weighted by atomic mass is 31.1. The summed E-state index contributed by atoms with van der Waals surface area (Å²) < 4.78 is 6.49. The quantitative estimate of drug-likeness (QED) is 0.0956. The molecule has 5 radical (unpaired) electrons. The fourth-order valence-corrected chi connectivity index (χ4v) is 10.1. The average Bonchev–Trinajstić information content (AvgIpc) is 3.29. The van der Waals surface area contributed by atoms with Crippen LogP contribution in [0.4, 0.5) is 0 Å². The smallest absolute Gasteiger partial charge is 0.0903 e. The van der Waals surface area contributed by atoms with Crippen molar-refractivity contribution < 1.29 is 0 Å². The number of benzene rings is 13. The van der Waals surface area contributed by atoms with E-state index in [4.69, 9.17) is 16.6 Å². The SMILES string of the molecule is [3H]P([B])[B][B].c1cc2ccc3ccc(-c4cc(-c5ccc6ccc7cccc8ccc5c6c78)cc(-c5ccc6ccc7cccc8ccc5c6c78)c4)c4ccc(c1)c2c34. The van der Waals surface area contributed by atoms with E-state index in [1.165, 1.54) is 137 Å². The summed E-state index contributed by atoms with van der Waals surface area (Å²) in [5, 5.41) is 23.6. The first-order chi connectivity index (χ1) is 29.0. The minimum atomic E-state index is -1.20. The second-order valence-corrected chi connectivity index (χ2v) is 16.1. The minimum absolute atomic E-state index is 1.18. The van der Waals surface area contributed by atoms with Crippen molar-refractivity contribution in [3.05, 3.63) is 182 Å². The zero-order chi connectivity index (χ0) is 39.4. The third-order valence-electron chi connectivity index (χ3n) is 12.5. The largest absolute Gasteiger partial charge is 0.218 e. The van der Waals surface area contributed by atoms with E-state index in [1.807, 2.05) is 0 Å². The monoisotopic (exact) mass is 745 g/mol. The molecule has 0 aliphatic heterocycles. The van der Waals surface area contributed by atoms with E-state index in [9.17, 15) is 0 Å². The van der Waals surface area contributed by atoms with Gasteiger partial charge in [-0.2, -0.15) is 0 Å². The van der Waals surface area contributed by atoms with Crippen molar-refractivity contribution in [3.63, 3.8) is 0 Å². The second kappa shape index (κ2) is 13.1. The van der Waals surface area contributed by atoms with Gasteiger partial charge in [0, 0.05) is 9.02 Å². The molecule has 0 bridgehead atoms. The van der Waals surface area contributed by atoms with Crippen molar-refractivity contribution in [2.24, 2.45) is 0 Å². The molecule has 0 amide bonds. The molecule has 0 aromatic heterocycles. The molecule has 13 rings (SSSR count). The summed E-state index contributed by atoms with van der Waals surface area (Å²) in [5.41, 5.74) is 7.49. The average molecular weight is 745 g/mol. The van der Waals surface area contributed by atoms with Gasteiger partial charge in [-0.1, -0.05) is 164 Å². The Hall–Kier alpha value is -6.40. The van der Waals surface area contributed by atoms with Crippen LogP contribution in [0.2, 0.25) is 0 Å². The fraction of sp³-hybridized carbons (Fsp3) is 0. The Morgan fingerprint density at radius 3 is 0.810 bits per heavy atom. The van der Waals surface area contributed by atoms with E-state index < -0.39 is 8.28 Å². The Balaban J connectivity index is 0.000000715. The van der Waals surface area contributed by atoms with Crippen LogP contribution in [-0.2, 0) is 0 Å². The van der Waals surface area contributed by atoms with Gasteiger partial charge in [0.15, 0.2) is 0 Å². The number of rotatable bonds is 4. The maximum atomic E-state index is 6.49. The van der Waals surface area contributed by atoms with Crippen molar-refractivity contribution in [1.29, 1.82) is 1.28 Å². The zero-order valence-electron chi connectivity index (χ0n) is 32.5. The van der Waals surface area contributed by atoms with Crippen LogP contribution in [0.3, 0.4) is 0 Å². The predicted molar refractivity (Wildman–Crippen MR) is 259 cm³/mol. The second-order valence-electron chi connectivity index (χ2n) is 15.5. The van der Waals surface area contributed by atoms with E-state index in [0.717, 1.165) is 0 Å². The van der Waals surface area contributed by atoms with Crippen LogP contribution in [0.15, 0.2) is 182 Å². The third kappa shape index (κ3) is 4.97.